The van der Waals surface area contributed by atoms with Crippen LogP contribution in [0.25, 0.3) is 5.69 Å². The Bertz CT molecular complexity index is 898. The first kappa shape index (κ1) is 17.7. The number of para-hydroxylation sites is 1. The number of aromatic nitrogens is 2. The van der Waals surface area contributed by atoms with Crippen LogP contribution in [0.4, 0.5) is 0 Å². The Hall–Kier alpha value is -2.43. The van der Waals surface area contributed by atoms with Crippen LogP contribution in [0.5, 0.6) is 0 Å². The van der Waals surface area contributed by atoms with Gasteiger partial charge in [0.1, 0.15) is 0 Å². The van der Waals surface area contributed by atoms with E-state index in [0.717, 1.165) is 38.3 Å². The highest BCUT2D eigenvalue weighted by atomic mass is 16.5. The second-order valence-corrected chi connectivity index (χ2v) is 7.89. The molecule has 1 unspecified atom stereocenters. The number of ether oxygens (including phenoxy) is 1. The standard InChI is InChI=1S/C24H27N3O/c1-3-7-19(8-4-1)20-11-14-26(15-12-20)18-24-22-17-25-27(23(22)13-16-28-24)21-9-5-2-6-10-21/h1-10,17,20,24H,11-16,18H2. The van der Waals surface area contributed by atoms with E-state index < -0.39 is 0 Å². The van der Waals surface area contributed by atoms with E-state index in [1.54, 1.807) is 0 Å². The van der Waals surface area contributed by atoms with Crippen molar-refractivity contribution >= 4 is 0 Å². The van der Waals surface area contributed by atoms with Gasteiger partial charge in [0.25, 0.3) is 0 Å². The van der Waals surface area contributed by atoms with E-state index in [-0.39, 0.29) is 6.10 Å². The third-order valence-electron chi connectivity index (χ3n) is 6.19. The zero-order valence-corrected chi connectivity index (χ0v) is 16.2. The van der Waals surface area contributed by atoms with E-state index in [4.69, 9.17) is 4.74 Å². The van der Waals surface area contributed by atoms with Gasteiger partial charge in [0.15, 0.2) is 0 Å². The lowest BCUT2D eigenvalue weighted by Crippen LogP contribution is -2.37. The first-order chi connectivity index (χ1) is 13.9. The summed E-state index contributed by atoms with van der Waals surface area (Å²) in [4.78, 5) is 2.57. The Morgan fingerprint density at radius 1 is 0.929 bits per heavy atom. The summed E-state index contributed by atoms with van der Waals surface area (Å²) in [7, 11) is 0. The van der Waals surface area contributed by atoms with Crippen molar-refractivity contribution in [3.05, 3.63) is 83.7 Å². The van der Waals surface area contributed by atoms with Gasteiger partial charge < -0.3 is 9.64 Å². The Balaban J connectivity index is 1.26. The molecule has 0 aliphatic carbocycles. The van der Waals surface area contributed by atoms with Crippen LogP contribution in [0.3, 0.4) is 0 Å². The fourth-order valence-electron chi connectivity index (χ4n) is 4.64. The van der Waals surface area contributed by atoms with Gasteiger partial charge >= 0.3 is 0 Å². The zero-order chi connectivity index (χ0) is 18.8. The van der Waals surface area contributed by atoms with Crippen molar-refractivity contribution in [2.45, 2.75) is 31.3 Å². The number of hydrogen-bond acceptors (Lipinski definition) is 3. The molecule has 0 spiro atoms. The minimum Gasteiger partial charge on any atom is -0.372 e. The molecule has 28 heavy (non-hydrogen) atoms. The van der Waals surface area contributed by atoms with Crippen LogP contribution in [0.1, 0.15) is 41.7 Å². The number of piperidine rings is 1. The Kier molecular flexibility index (Phi) is 4.98. The molecule has 0 amide bonds. The van der Waals surface area contributed by atoms with Gasteiger partial charge in [-0.25, -0.2) is 4.68 Å². The first-order valence-electron chi connectivity index (χ1n) is 10.4. The van der Waals surface area contributed by atoms with Gasteiger partial charge in [0, 0.05) is 18.5 Å². The van der Waals surface area contributed by atoms with Gasteiger partial charge in [0.2, 0.25) is 0 Å². The van der Waals surface area contributed by atoms with Gasteiger partial charge in [-0.3, -0.25) is 0 Å². The molecule has 1 atom stereocenters. The predicted molar refractivity (Wildman–Crippen MR) is 111 cm³/mol. The summed E-state index contributed by atoms with van der Waals surface area (Å²) in [5.41, 5.74) is 5.19. The molecule has 5 rings (SSSR count). The fraction of sp³-hybridized carbons (Fsp3) is 0.375. The van der Waals surface area contributed by atoms with E-state index in [1.165, 1.54) is 29.7 Å². The maximum absolute atomic E-state index is 6.17. The van der Waals surface area contributed by atoms with Crippen molar-refractivity contribution in [1.29, 1.82) is 0 Å². The van der Waals surface area contributed by atoms with E-state index in [0.29, 0.717) is 5.92 Å². The third-order valence-corrected chi connectivity index (χ3v) is 6.19. The number of rotatable bonds is 4. The van der Waals surface area contributed by atoms with Crippen LogP contribution in [0.2, 0.25) is 0 Å². The first-order valence-corrected chi connectivity index (χ1v) is 10.4. The van der Waals surface area contributed by atoms with Gasteiger partial charge in [-0.1, -0.05) is 48.5 Å². The smallest absolute Gasteiger partial charge is 0.0985 e. The Morgan fingerprint density at radius 2 is 1.64 bits per heavy atom. The van der Waals surface area contributed by atoms with Crippen LogP contribution in [0, 0.1) is 0 Å². The predicted octanol–water partition coefficient (Wildman–Crippen LogP) is 4.37. The number of benzene rings is 2. The van der Waals surface area contributed by atoms with Crippen molar-refractivity contribution in [1.82, 2.24) is 14.7 Å². The lowest BCUT2D eigenvalue weighted by Gasteiger charge is -2.35. The maximum atomic E-state index is 6.17. The van der Waals surface area contributed by atoms with Crippen LogP contribution in [-0.2, 0) is 11.2 Å². The summed E-state index contributed by atoms with van der Waals surface area (Å²) >= 11 is 0. The topological polar surface area (TPSA) is 30.3 Å². The SMILES string of the molecule is c1ccc(C2CCN(CC3OCCc4c3cnn4-c3ccccc3)CC2)cc1. The van der Waals surface area contributed by atoms with Crippen molar-refractivity contribution in [2.75, 3.05) is 26.2 Å². The van der Waals surface area contributed by atoms with Gasteiger partial charge in [-0.05, 0) is 49.5 Å². The van der Waals surface area contributed by atoms with Crippen molar-refractivity contribution in [2.24, 2.45) is 0 Å². The summed E-state index contributed by atoms with van der Waals surface area (Å²) in [6.07, 6.45) is 5.54. The van der Waals surface area contributed by atoms with E-state index in [2.05, 4.69) is 69.3 Å². The van der Waals surface area contributed by atoms with Gasteiger partial charge in [-0.15, -0.1) is 0 Å². The van der Waals surface area contributed by atoms with E-state index >= 15 is 0 Å². The minimum atomic E-state index is 0.134. The molecule has 4 heteroatoms. The van der Waals surface area contributed by atoms with Crippen molar-refractivity contribution in [3.8, 4) is 5.69 Å². The summed E-state index contributed by atoms with van der Waals surface area (Å²) in [5.74, 6) is 0.695. The Labute approximate surface area is 166 Å². The molecule has 0 saturated carbocycles. The van der Waals surface area contributed by atoms with Gasteiger partial charge in [-0.2, -0.15) is 5.10 Å². The molecule has 0 N–H and O–H groups in total. The van der Waals surface area contributed by atoms with Crippen LogP contribution >= 0.6 is 0 Å². The average molecular weight is 374 g/mol. The molecule has 1 saturated heterocycles. The molecule has 2 aliphatic heterocycles. The van der Waals surface area contributed by atoms with E-state index in [9.17, 15) is 0 Å². The molecule has 1 aromatic heterocycles. The molecule has 3 heterocycles. The quantitative estimate of drug-likeness (QED) is 0.680. The molecule has 0 bridgehead atoms. The summed E-state index contributed by atoms with van der Waals surface area (Å²) in [5, 5.41) is 4.68. The number of likely N-dealkylation sites (tertiary alicyclic amines) is 1. The lowest BCUT2D eigenvalue weighted by molar-refractivity contribution is 0.0103. The van der Waals surface area contributed by atoms with Crippen molar-refractivity contribution in [3.63, 3.8) is 0 Å². The molecule has 1 fully saturated rings. The number of nitrogens with zero attached hydrogens (tertiary/aromatic N) is 3. The molecule has 2 aliphatic rings. The summed E-state index contributed by atoms with van der Waals surface area (Å²) in [6.45, 7) is 4.02. The van der Waals surface area contributed by atoms with Gasteiger partial charge in [0.05, 0.1) is 30.3 Å². The highest BCUT2D eigenvalue weighted by Crippen LogP contribution is 2.32. The highest BCUT2D eigenvalue weighted by molar-refractivity contribution is 5.36. The average Bonchev–Trinajstić information content (AvgIpc) is 3.21. The Morgan fingerprint density at radius 3 is 2.39 bits per heavy atom. The lowest BCUT2D eigenvalue weighted by atomic mass is 9.89. The monoisotopic (exact) mass is 373 g/mol. The molecular weight excluding hydrogens is 346 g/mol. The summed E-state index contributed by atoms with van der Waals surface area (Å²) in [6, 6.07) is 21.4. The second kappa shape index (κ2) is 7.90. The molecular formula is C24H27N3O. The molecule has 0 radical (unpaired) electrons. The second-order valence-electron chi connectivity index (χ2n) is 7.89. The molecule has 4 nitrogen and oxygen atoms in total. The largest absolute Gasteiger partial charge is 0.372 e. The van der Waals surface area contributed by atoms with Crippen LogP contribution < -0.4 is 0 Å². The number of hydrogen-bond donors (Lipinski definition) is 0. The third kappa shape index (κ3) is 3.50. The van der Waals surface area contributed by atoms with Crippen LogP contribution in [0.15, 0.2) is 66.9 Å². The minimum absolute atomic E-state index is 0.134. The fourth-order valence-corrected chi connectivity index (χ4v) is 4.64. The maximum Gasteiger partial charge on any atom is 0.0985 e. The number of fused-ring (bicyclic) bond motifs is 1. The molecule has 3 aromatic rings. The molecule has 2 aromatic carbocycles. The molecule has 144 valence electrons. The van der Waals surface area contributed by atoms with E-state index in [1.807, 2.05) is 12.3 Å². The summed E-state index contributed by atoms with van der Waals surface area (Å²) < 4.78 is 8.26. The zero-order valence-electron chi connectivity index (χ0n) is 16.2. The van der Waals surface area contributed by atoms with Crippen LogP contribution in [-0.4, -0.2) is 40.9 Å². The van der Waals surface area contributed by atoms with Crippen molar-refractivity contribution < 1.29 is 4.74 Å². The highest BCUT2D eigenvalue weighted by Gasteiger charge is 2.29. The normalized spacial score (nSPS) is 20.8.